The number of methoxy groups -OCH3 is 1. The number of aryl methyl sites for hydroxylation is 1. The van der Waals surface area contributed by atoms with E-state index >= 15 is 0 Å². The van der Waals surface area contributed by atoms with Gasteiger partial charge in [-0.15, -0.1) is 0 Å². The van der Waals surface area contributed by atoms with Crippen LogP contribution in [-0.4, -0.2) is 80.4 Å². The van der Waals surface area contributed by atoms with Crippen LogP contribution in [0, 0.1) is 6.92 Å². The van der Waals surface area contributed by atoms with E-state index in [0.717, 1.165) is 43.6 Å². The SMILES string of the molecule is COc1cccc(C(=O)N2CCN(c3cc(C)nc(N4CCOCC4)n3)CC2)c1. The molecule has 0 radical (unpaired) electrons. The van der Waals surface area contributed by atoms with Crippen LogP contribution in [0.25, 0.3) is 0 Å². The maximum atomic E-state index is 12.8. The predicted octanol–water partition coefficient (Wildman–Crippen LogP) is 1.59. The van der Waals surface area contributed by atoms with Crippen molar-refractivity contribution in [2.45, 2.75) is 6.92 Å². The molecule has 0 bridgehead atoms. The summed E-state index contributed by atoms with van der Waals surface area (Å²) in [6.07, 6.45) is 0. The molecule has 1 amide bonds. The molecule has 0 saturated carbocycles. The largest absolute Gasteiger partial charge is 0.497 e. The van der Waals surface area contributed by atoms with Crippen molar-refractivity contribution in [3.8, 4) is 5.75 Å². The lowest BCUT2D eigenvalue weighted by Crippen LogP contribution is -2.49. The van der Waals surface area contributed by atoms with E-state index in [4.69, 9.17) is 14.5 Å². The van der Waals surface area contributed by atoms with Crippen LogP contribution in [0.3, 0.4) is 0 Å². The van der Waals surface area contributed by atoms with Crippen LogP contribution >= 0.6 is 0 Å². The number of hydrogen-bond acceptors (Lipinski definition) is 7. The van der Waals surface area contributed by atoms with Crippen molar-refractivity contribution in [3.05, 3.63) is 41.6 Å². The van der Waals surface area contributed by atoms with Gasteiger partial charge in [0.1, 0.15) is 11.6 Å². The Morgan fingerprint density at radius 1 is 1.00 bits per heavy atom. The summed E-state index contributed by atoms with van der Waals surface area (Å²) in [5.41, 5.74) is 1.61. The number of rotatable bonds is 4. The lowest BCUT2D eigenvalue weighted by atomic mass is 10.1. The summed E-state index contributed by atoms with van der Waals surface area (Å²) >= 11 is 0. The van der Waals surface area contributed by atoms with Crippen LogP contribution in [0.4, 0.5) is 11.8 Å². The van der Waals surface area contributed by atoms with Gasteiger partial charge < -0.3 is 24.2 Å². The second kappa shape index (κ2) is 8.65. The highest BCUT2D eigenvalue weighted by Gasteiger charge is 2.24. The summed E-state index contributed by atoms with van der Waals surface area (Å²) in [6, 6.07) is 9.33. The second-order valence-electron chi connectivity index (χ2n) is 7.28. The van der Waals surface area contributed by atoms with Crippen molar-refractivity contribution in [2.75, 3.05) is 69.4 Å². The molecule has 154 valence electrons. The molecule has 29 heavy (non-hydrogen) atoms. The van der Waals surface area contributed by atoms with E-state index in [0.29, 0.717) is 37.6 Å². The van der Waals surface area contributed by atoms with E-state index in [1.165, 1.54) is 0 Å². The number of carbonyl (C=O) groups is 1. The number of piperazine rings is 1. The minimum Gasteiger partial charge on any atom is -0.497 e. The van der Waals surface area contributed by atoms with Gasteiger partial charge in [0.05, 0.1) is 20.3 Å². The quantitative estimate of drug-likeness (QED) is 0.776. The Labute approximate surface area is 171 Å². The molecule has 2 fully saturated rings. The third-order valence-electron chi connectivity index (χ3n) is 5.33. The van der Waals surface area contributed by atoms with Crippen molar-refractivity contribution >= 4 is 17.7 Å². The summed E-state index contributed by atoms with van der Waals surface area (Å²) < 4.78 is 10.7. The molecule has 2 aliphatic heterocycles. The molecule has 0 unspecified atom stereocenters. The fourth-order valence-corrected chi connectivity index (χ4v) is 3.68. The molecule has 1 aromatic heterocycles. The zero-order chi connectivity index (χ0) is 20.2. The number of amides is 1. The molecule has 0 aliphatic carbocycles. The lowest BCUT2D eigenvalue weighted by Gasteiger charge is -2.36. The molecule has 8 heteroatoms. The van der Waals surface area contributed by atoms with Gasteiger partial charge in [-0.2, -0.15) is 4.98 Å². The van der Waals surface area contributed by atoms with E-state index < -0.39 is 0 Å². The average molecular weight is 397 g/mol. The Kier molecular flexibility index (Phi) is 5.80. The van der Waals surface area contributed by atoms with Gasteiger partial charge in [-0.25, -0.2) is 4.98 Å². The Bertz CT molecular complexity index is 861. The normalized spacial score (nSPS) is 17.4. The van der Waals surface area contributed by atoms with Crippen molar-refractivity contribution in [1.29, 1.82) is 0 Å². The van der Waals surface area contributed by atoms with Crippen LogP contribution < -0.4 is 14.5 Å². The summed E-state index contributed by atoms with van der Waals surface area (Å²) in [5, 5.41) is 0. The van der Waals surface area contributed by atoms with Crippen molar-refractivity contribution in [3.63, 3.8) is 0 Å². The van der Waals surface area contributed by atoms with E-state index in [1.54, 1.807) is 13.2 Å². The zero-order valence-electron chi connectivity index (χ0n) is 17.0. The summed E-state index contributed by atoms with van der Waals surface area (Å²) in [6.45, 7) is 7.84. The molecular formula is C21H27N5O3. The number of benzene rings is 1. The topological polar surface area (TPSA) is 71.0 Å². The van der Waals surface area contributed by atoms with Gasteiger partial charge in [-0.1, -0.05) is 6.07 Å². The van der Waals surface area contributed by atoms with Gasteiger partial charge in [0.2, 0.25) is 5.95 Å². The number of carbonyl (C=O) groups excluding carboxylic acids is 1. The van der Waals surface area contributed by atoms with Gasteiger partial charge in [0.25, 0.3) is 5.91 Å². The maximum Gasteiger partial charge on any atom is 0.254 e. The predicted molar refractivity (Wildman–Crippen MR) is 111 cm³/mol. The van der Waals surface area contributed by atoms with Crippen molar-refractivity contribution in [1.82, 2.24) is 14.9 Å². The Balaban J connectivity index is 1.42. The highest BCUT2D eigenvalue weighted by atomic mass is 16.5. The second-order valence-corrected chi connectivity index (χ2v) is 7.28. The smallest absolute Gasteiger partial charge is 0.254 e. The van der Waals surface area contributed by atoms with Crippen LogP contribution in [0.2, 0.25) is 0 Å². The Hall–Kier alpha value is -2.87. The standard InChI is InChI=1S/C21H27N5O3/c1-16-14-19(23-21(22-16)26-10-12-29-13-11-26)24-6-8-25(9-7-24)20(27)17-4-3-5-18(15-17)28-2/h3-5,14-15H,6-13H2,1-2H3. The van der Waals surface area contributed by atoms with Gasteiger partial charge in [-0.05, 0) is 25.1 Å². The minimum absolute atomic E-state index is 0.0384. The zero-order valence-corrected chi connectivity index (χ0v) is 17.0. The van der Waals surface area contributed by atoms with E-state index in [-0.39, 0.29) is 5.91 Å². The highest BCUT2D eigenvalue weighted by molar-refractivity contribution is 5.94. The first-order valence-electron chi connectivity index (χ1n) is 10.0. The molecule has 0 spiro atoms. The third-order valence-corrected chi connectivity index (χ3v) is 5.33. The average Bonchev–Trinajstić information content (AvgIpc) is 2.79. The maximum absolute atomic E-state index is 12.8. The monoisotopic (exact) mass is 397 g/mol. The number of anilines is 2. The number of morpholine rings is 1. The molecule has 3 heterocycles. The molecule has 4 rings (SSSR count). The summed E-state index contributed by atoms with van der Waals surface area (Å²) in [4.78, 5) is 28.5. The fraction of sp³-hybridized carbons (Fsp3) is 0.476. The number of ether oxygens (including phenoxy) is 2. The van der Waals surface area contributed by atoms with Crippen LogP contribution in [0.15, 0.2) is 30.3 Å². The molecule has 2 aromatic rings. The van der Waals surface area contributed by atoms with E-state index in [9.17, 15) is 4.79 Å². The molecule has 0 atom stereocenters. The molecule has 0 N–H and O–H groups in total. The molecule has 2 saturated heterocycles. The van der Waals surface area contributed by atoms with Crippen molar-refractivity contribution in [2.24, 2.45) is 0 Å². The van der Waals surface area contributed by atoms with Crippen molar-refractivity contribution < 1.29 is 14.3 Å². The minimum atomic E-state index is 0.0384. The van der Waals surface area contributed by atoms with Gasteiger partial charge in [-0.3, -0.25) is 4.79 Å². The molecule has 1 aromatic carbocycles. The Morgan fingerprint density at radius 2 is 1.76 bits per heavy atom. The van der Waals surface area contributed by atoms with Gasteiger partial charge in [0.15, 0.2) is 0 Å². The third kappa shape index (κ3) is 4.42. The molecule has 2 aliphatic rings. The van der Waals surface area contributed by atoms with Crippen LogP contribution in [0.5, 0.6) is 5.75 Å². The summed E-state index contributed by atoms with van der Waals surface area (Å²) in [7, 11) is 1.61. The Morgan fingerprint density at radius 3 is 2.48 bits per heavy atom. The van der Waals surface area contributed by atoms with E-state index in [2.05, 4.69) is 14.8 Å². The van der Waals surface area contributed by atoms with Crippen LogP contribution in [0.1, 0.15) is 16.1 Å². The van der Waals surface area contributed by atoms with Crippen LogP contribution in [-0.2, 0) is 4.74 Å². The van der Waals surface area contributed by atoms with Gasteiger partial charge in [0, 0.05) is 56.6 Å². The van der Waals surface area contributed by atoms with E-state index in [1.807, 2.05) is 36.1 Å². The lowest BCUT2D eigenvalue weighted by molar-refractivity contribution is 0.0746. The number of hydrogen-bond donors (Lipinski definition) is 0. The summed E-state index contributed by atoms with van der Waals surface area (Å²) in [5.74, 6) is 2.42. The van der Waals surface area contributed by atoms with Gasteiger partial charge >= 0.3 is 0 Å². The number of aromatic nitrogens is 2. The highest BCUT2D eigenvalue weighted by Crippen LogP contribution is 2.21. The first-order valence-corrected chi connectivity index (χ1v) is 10.0. The molecular weight excluding hydrogens is 370 g/mol. The number of nitrogens with zero attached hydrogens (tertiary/aromatic N) is 5. The fourth-order valence-electron chi connectivity index (χ4n) is 3.68. The first kappa shape index (κ1) is 19.4. The first-order chi connectivity index (χ1) is 14.1. The molecule has 8 nitrogen and oxygen atoms in total.